The standard InChI is InChI=1S/C33H47NO6.C20H23NO4.C13H25IO2/c1-2-3-4-5-6-7-8-9-10-11-28(36)39-22-38-26-15-14-24-20-27-33(37)17-16-25(35)31-32(33,29(24)30(26)40-31)18-19-34(27)21-23-12-13-23;22-13-4-3-12-9-15-20(24)6-5-14(23)18-19(20,16(12)17(13)25-18)7-8-21(15)10-11-1-2-11;1-2-3-4-5-6-7-8-9-10-11-13(15)16-12-14/h14-15,23,27,31,37H,2-13,16-22H2,1H3;3-4,11,15,18,22,24H,1-2,5-10H2;2-12H2,1H3/t27?,31-,32-,33+;15?,18-,19-,20+;/m00./s1. The van der Waals surface area contributed by atoms with Gasteiger partial charge in [0.05, 0.1) is 22.0 Å². The number of phenols is 1. The number of carbonyl (C=O) groups is 4. The number of ether oxygens (including phenoxy) is 5. The molecule has 0 amide bonds. The van der Waals surface area contributed by atoms with Crippen molar-refractivity contribution < 1.29 is 58.2 Å². The van der Waals surface area contributed by atoms with Gasteiger partial charge in [0, 0.05) is 62.0 Å². The second kappa shape index (κ2) is 26.8. The van der Waals surface area contributed by atoms with Crippen molar-refractivity contribution in [3.8, 4) is 23.0 Å². The Bertz CT molecular complexity index is 2530. The van der Waals surface area contributed by atoms with Gasteiger partial charge in [0.15, 0.2) is 46.8 Å². The molecule has 0 aromatic heterocycles. The summed E-state index contributed by atoms with van der Waals surface area (Å²) >= 11 is 2.05. The molecule has 4 saturated carbocycles. The molecule has 4 aliphatic heterocycles. The lowest BCUT2D eigenvalue weighted by molar-refractivity contribution is -0.188. The number of hydrogen-bond acceptors (Lipinski definition) is 14. The fourth-order valence-corrected chi connectivity index (χ4v) is 16.5. The summed E-state index contributed by atoms with van der Waals surface area (Å²) in [6, 6.07) is 7.65. The fourth-order valence-electron chi connectivity index (χ4n) is 16.2. The molecular formula is C66H95IN2O12. The van der Waals surface area contributed by atoms with Crippen LogP contribution in [0, 0.1) is 11.8 Å². The predicted octanol–water partition coefficient (Wildman–Crippen LogP) is 12.0. The lowest BCUT2D eigenvalue weighted by Gasteiger charge is -2.62. The maximum absolute atomic E-state index is 13.2. The van der Waals surface area contributed by atoms with Gasteiger partial charge in [0.2, 0.25) is 6.79 Å². The van der Waals surface area contributed by atoms with Gasteiger partial charge in [-0.15, -0.1) is 0 Å². The normalized spacial score (nSPS) is 29.7. The highest BCUT2D eigenvalue weighted by atomic mass is 127. The van der Waals surface area contributed by atoms with Crippen LogP contribution in [0.25, 0.3) is 0 Å². The van der Waals surface area contributed by atoms with E-state index >= 15 is 0 Å². The third-order valence-corrected chi connectivity index (χ3v) is 21.0. The number of rotatable bonds is 28. The molecule has 2 aromatic rings. The molecule has 14 nitrogen and oxygen atoms in total. The van der Waals surface area contributed by atoms with E-state index in [1.54, 1.807) is 6.07 Å². The van der Waals surface area contributed by atoms with Gasteiger partial charge in [-0.3, -0.25) is 29.0 Å². The number of piperidine rings is 2. The molecule has 2 saturated heterocycles. The quantitative estimate of drug-likeness (QED) is 0.0241. The Morgan fingerprint density at radius 3 is 1.49 bits per heavy atom. The molecule has 3 N–H and O–H groups in total. The van der Waals surface area contributed by atoms with Crippen molar-refractivity contribution in [1.29, 1.82) is 0 Å². The van der Waals surface area contributed by atoms with Crippen molar-refractivity contribution >= 4 is 46.1 Å². The van der Waals surface area contributed by atoms with E-state index < -0.39 is 34.2 Å². The van der Waals surface area contributed by atoms with Gasteiger partial charge in [0.25, 0.3) is 0 Å². The number of esters is 2. The first kappa shape index (κ1) is 60.6. The summed E-state index contributed by atoms with van der Waals surface area (Å²) < 4.78 is 29.1. The average Bonchev–Trinajstić information content (AvgIpc) is 2.22. The van der Waals surface area contributed by atoms with E-state index in [1.165, 1.54) is 122 Å². The van der Waals surface area contributed by atoms with Crippen molar-refractivity contribution in [3.63, 3.8) is 0 Å². The zero-order chi connectivity index (χ0) is 56.8. The predicted molar refractivity (Wildman–Crippen MR) is 318 cm³/mol. The monoisotopic (exact) mass is 1230 g/mol. The summed E-state index contributed by atoms with van der Waals surface area (Å²) in [5, 5.41) is 34.7. The highest BCUT2D eigenvalue weighted by Gasteiger charge is 2.75. The summed E-state index contributed by atoms with van der Waals surface area (Å²) in [6.07, 6.45) is 31.9. The van der Waals surface area contributed by atoms with Crippen LogP contribution in [0.5, 0.6) is 23.0 Å². The number of benzene rings is 2. The molecule has 6 aliphatic carbocycles. The van der Waals surface area contributed by atoms with Gasteiger partial charge in [0.1, 0.15) is 4.61 Å². The van der Waals surface area contributed by atoms with Crippen LogP contribution in [0.1, 0.15) is 229 Å². The molecule has 4 heterocycles. The van der Waals surface area contributed by atoms with E-state index in [-0.39, 0.29) is 48.1 Å². The van der Waals surface area contributed by atoms with Crippen molar-refractivity contribution in [2.45, 2.75) is 266 Å². The van der Waals surface area contributed by atoms with Crippen LogP contribution in [-0.4, -0.2) is 122 Å². The van der Waals surface area contributed by atoms with E-state index in [1.807, 2.05) is 34.7 Å². The van der Waals surface area contributed by atoms with Gasteiger partial charge >= 0.3 is 11.9 Å². The summed E-state index contributed by atoms with van der Waals surface area (Å²) in [5.74, 6) is 2.97. The smallest absolute Gasteiger partial charge is 0.308 e. The lowest BCUT2D eigenvalue weighted by Crippen LogP contribution is -2.76. The second-order valence-corrected chi connectivity index (χ2v) is 26.6. The van der Waals surface area contributed by atoms with Gasteiger partial charge in [-0.05, 0) is 148 Å². The molecule has 6 fully saturated rings. The number of nitrogens with zero attached hydrogens (tertiary/aromatic N) is 2. The Kier molecular flexibility index (Phi) is 20.1. The number of halogens is 1. The van der Waals surface area contributed by atoms with E-state index in [2.05, 4.69) is 29.7 Å². The molecule has 15 heteroatoms. The van der Waals surface area contributed by atoms with Gasteiger partial charge in [-0.2, -0.15) is 0 Å². The number of aliphatic hydroxyl groups is 2. The fraction of sp³-hybridized carbons (Fsp3) is 0.758. The number of ketones is 2. The number of Topliss-reactive ketones (excluding diaryl/α,β-unsaturated/α-hetero) is 2. The summed E-state index contributed by atoms with van der Waals surface area (Å²) in [4.78, 5) is 54.2. The van der Waals surface area contributed by atoms with Crippen LogP contribution in [0.2, 0.25) is 0 Å². The zero-order valence-electron chi connectivity index (χ0n) is 48.9. The third-order valence-electron chi connectivity index (χ3n) is 20.7. The Hall–Kier alpha value is -3.51. The molecule has 2 unspecified atom stereocenters. The number of carbonyl (C=O) groups excluding carboxylic acids is 4. The van der Waals surface area contributed by atoms with Crippen LogP contribution >= 0.6 is 22.6 Å². The first-order valence-electron chi connectivity index (χ1n) is 32.2. The van der Waals surface area contributed by atoms with E-state index in [0.717, 1.165) is 98.8 Å². The molecule has 2 spiro atoms. The maximum Gasteiger partial charge on any atom is 0.308 e. The van der Waals surface area contributed by atoms with E-state index in [9.17, 15) is 34.5 Å². The average molecular weight is 1240 g/mol. The Balaban J connectivity index is 0.000000153. The van der Waals surface area contributed by atoms with E-state index in [0.29, 0.717) is 66.8 Å². The molecule has 2 aromatic carbocycles. The summed E-state index contributed by atoms with van der Waals surface area (Å²) in [7, 11) is 0. The van der Waals surface area contributed by atoms with Gasteiger partial charge in [-0.1, -0.05) is 129 Å². The largest absolute Gasteiger partial charge is 0.504 e. The number of unbranched alkanes of at least 4 members (excludes halogenated alkanes) is 16. The van der Waals surface area contributed by atoms with Crippen LogP contribution in [0.3, 0.4) is 0 Å². The first-order chi connectivity index (χ1) is 39.3. The Morgan fingerprint density at radius 1 is 0.593 bits per heavy atom. The van der Waals surface area contributed by atoms with Crippen molar-refractivity contribution in [2.75, 3.05) is 37.6 Å². The number of aromatic hydroxyl groups is 1. The van der Waals surface area contributed by atoms with Crippen LogP contribution < -0.4 is 14.2 Å². The maximum atomic E-state index is 13.2. The molecule has 0 radical (unpaired) electrons. The minimum absolute atomic E-state index is 0.00767. The molecule has 8 atom stereocenters. The molecule has 4 bridgehead atoms. The van der Waals surface area contributed by atoms with Crippen LogP contribution in [-0.2, 0) is 52.3 Å². The van der Waals surface area contributed by atoms with Gasteiger partial charge < -0.3 is 39.0 Å². The second-order valence-electron chi connectivity index (χ2n) is 26.0. The molecule has 10 aliphatic rings. The lowest BCUT2D eigenvalue weighted by atomic mass is 9.49. The Morgan fingerprint density at radius 2 is 1.02 bits per heavy atom. The summed E-state index contributed by atoms with van der Waals surface area (Å²) in [6.45, 7) is 8.16. The highest BCUT2D eigenvalue weighted by Crippen LogP contribution is 2.67. The van der Waals surface area contributed by atoms with Crippen molar-refractivity contribution in [1.82, 2.24) is 9.80 Å². The van der Waals surface area contributed by atoms with E-state index in [4.69, 9.17) is 23.7 Å². The Labute approximate surface area is 496 Å². The number of hydrogen-bond donors (Lipinski definition) is 3. The molecule has 448 valence electrons. The number of likely N-dealkylation sites (tertiary alicyclic amines) is 2. The zero-order valence-corrected chi connectivity index (χ0v) is 51.1. The number of alkyl halides is 1. The summed E-state index contributed by atoms with van der Waals surface area (Å²) in [5.41, 5.74) is 0.862. The minimum atomic E-state index is -0.989. The molecule has 12 rings (SSSR count). The SMILES string of the molecule is CCCCCCCCCCCC(=O)OCI.CCCCCCCCCCCC(=O)OCOc1ccc2c3c1O[C@H]1C(=O)CC[C@@]4(O)C(C2)N(CC2CC2)CC[C@]314.O=C1CC[C@@]2(O)C3Cc4ccc(O)c5c4[C@@]2(CCN3CC2CC2)[C@H]1O5. The van der Waals surface area contributed by atoms with Crippen LogP contribution in [0.15, 0.2) is 24.3 Å². The first-order valence-corrected chi connectivity index (χ1v) is 33.7. The molecule has 81 heavy (non-hydrogen) atoms. The van der Waals surface area contributed by atoms with Gasteiger partial charge in [-0.25, -0.2) is 0 Å². The molecular weight excluding hydrogens is 1140 g/mol. The minimum Gasteiger partial charge on any atom is -0.504 e. The van der Waals surface area contributed by atoms with Crippen molar-refractivity contribution in [3.05, 3.63) is 46.5 Å². The topological polar surface area (TPSA) is 182 Å². The number of phenolic OH excluding ortho intramolecular Hbond substituents is 1. The highest BCUT2D eigenvalue weighted by molar-refractivity contribution is 14.1. The third kappa shape index (κ3) is 12.3. The van der Waals surface area contributed by atoms with Crippen LogP contribution in [0.4, 0.5) is 0 Å². The van der Waals surface area contributed by atoms with Crippen molar-refractivity contribution in [2.24, 2.45) is 11.8 Å².